The molecule has 170 valence electrons. The van der Waals surface area contributed by atoms with Gasteiger partial charge in [0, 0.05) is 35.4 Å². The highest BCUT2D eigenvalue weighted by Crippen LogP contribution is 2.34. The normalized spacial score (nSPS) is 13.5. The van der Waals surface area contributed by atoms with E-state index in [9.17, 15) is 0 Å². The minimum absolute atomic E-state index is 0.648. The van der Waals surface area contributed by atoms with Gasteiger partial charge in [-0.05, 0) is 61.4 Å². The molecule has 1 aliphatic rings. The van der Waals surface area contributed by atoms with Crippen LogP contribution in [0.3, 0.4) is 0 Å². The average Bonchev–Trinajstić information content (AvgIpc) is 3.12. The zero-order valence-corrected chi connectivity index (χ0v) is 19.4. The number of aryl methyl sites for hydroxylation is 1. The first-order chi connectivity index (χ1) is 16.7. The molecule has 0 spiro atoms. The maximum Gasteiger partial charge on any atom is 0.201 e. The summed E-state index contributed by atoms with van der Waals surface area (Å²) in [6.07, 6.45) is 0. The monoisotopic (exact) mass is 449 g/mol. The number of para-hydroxylation sites is 1. The first-order valence-electron chi connectivity index (χ1n) is 11.8. The van der Waals surface area contributed by atoms with Gasteiger partial charge < -0.3 is 19.9 Å². The fraction of sp³-hybridized carbons (Fsp3) is 0.214. The number of hydrogen-bond donors (Lipinski definition) is 2. The van der Waals surface area contributed by atoms with Crippen molar-refractivity contribution in [3.05, 3.63) is 78.0 Å². The number of nitrogens with one attached hydrogen (secondary N) is 2. The van der Waals surface area contributed by atoms with Crippen LogP contribution in [-0.4, -0.2) is 34.6 Å². The van der Waals surface area contributed by atoms with E-state index >= 15 is 0 Å². The molecule has 3 aromatic carbocycles. The number of ether oxygens (including phenoxy) is 1. The number of benzene rings is 3. The van der Waals surface area contributed by atoms with Gasteiger partial charge in [0.25, 0.3) is 0 Å². The number of aromatic amines is 1. The molecular formula is C28H27N5O. The van der Waals surface area contributed by atoms with Gasteiger partial charge >= 0.3 is 0 Å². The number of hydrogen-bond acceptors (Lipinski definition) is 5. The molecule has 0 atom stereocenters. The highest BCUT2D eigenvalue weighted by Gasteiger charge is 2.19. The van der Waals surface area contributed by atoms with Gasteiger partial charge in [0.1, 0.15) is 12.4 Å². The van der Waals surface area contributed by atoms with Crippen molar-refractivity contribution >= 4 is 33.6 Å². The van der Waals surface area contributed by atoms with Crippen LogP contribution in [0.25, 0.3) is 33.1 Å². The van der Waals surface area contributed by atoms with Crippen LogP contribution in [0.1, 0.15) is 18.2 Å². The molecule has 0 saturated heterocycles. The first kappa shape index (κ1) is 20.5. The van der Waals surface area contributed by atoms with Crippen LogP contribution in [0, 0.1) is 6.92 Å². The fourth-order valence-electron chi connectivity index (χ4n) is 4.77. The van der Waals surface area contributed by atoms with Crippen molar-refractivity contribution in [1.29, 1.82) is 0 Å². The lowest BCUT2D eigenvalue weighted by molar-refractivity contribution is 0.332. The van der Waals surface area contributed by atoms with Gasteiger partial charge in [-0.1, -0.05) is 30.3 Å². The van der Waals surface area contributed by atoms with Gasteiger partial charge in [-0.3, -0.25) is 4.98 Å². The predicted molar refractivity (Wildman–Crippen MR) is 139 cm³/mol. The van der Waals surface area contributed by atoms with E-state index in [2.05, 4.69) is 94.7 Å². The number of aromatic nitrogens is 3. The molecule has 6 heteroatoms. The summed E-state index contributed by atoms with van der Waals surface area (Å²) in [5.41, 5.74) is 8.76. The number of anilines is 2. The SMILES string of the molecule is CCNc1nc2ccc(-c3ccc4c(c3)CN(c3cc(C)nc5ccccc35)CCO4)cc2[nH]1. The lowest BCUT2D eigenvalue weighted by Gasteiger charge is -2.24. The molecule has 0 bridgehead atoms. The quantitative estimate of drug-likeness (QED) is 0.357. The summed E-state index contributed by atoms with van der Waals surface area (Å²) in [7, 11) is 0. The van der Waals surface area contributed by atoms with Crippen LogP contribution in [0.5, 0.6) is 5.75 Å². The molecule has 2 aromatic heterocycles. The van der Waals surface area contributed by atoms with Crippen LogP contribution in [-0.2, 0) is 6.54 Å². The van der Waals surface area contributed by atoms with E-state index in [1.165, 1.54) is 22.2 Å². The van der Waals surface area contributed by atoms with Gasteiger partial charge in [-0.25, -0.2) is 4.98 Å². The average molecular weight is 450 g/mol. The molecule has 1 aliphatic heterocycles. The Labute approximate surface area is 198 Å². The molecule has 0 aliphatic carbocycles. The Bertz CT molecular complexity index is 1510. The summed E-state index contributed by atoms with van der Waals surface area (Å²) in [6, 6.07) is 23.4. The Morgan fingerprint density at radius 3 is 2.74 bits per heavy atom. The Morgan fingerprint density at radius 2 is 1.82 bits per heavy atom. The molecule has 5 aromatic rings. The van der Waals surface area contributed by atoms with Crippen LogP contribution in [0.15, 0.2) is 66.7 Å². The molecule has 3 heterocycles. The third-order valence-corrected chi connectivity index (χ3v) is 6.36. The molecule has 0 unspecified atom stereocenters. The van der Waals surface area contributed by atoms with Crippen molar-refractivity contribution in [3.8, 4) is 16.9 Å². The van der Waals surface area contributed by atoms with Crippen LogP contribution >= 0.6 is 0 Å². The largest absolute Gasteiger partial charge is 0.491 e. The first-order valence-corrected chi connectivity index (χ1v) is 11.8. The molecule has 2 N–H and O–H groups in total. The zero-order chi connectivity index (χ0) is 23.1. The molecule has 0 amide bonds. The number of rotatable bonds is 4. The van der Waals surface area contributed by atoms with Gasteiger partial charge in [0.05, 0.1) is 23.1 Å². The summed E-state index contributed by atoms with van der Waals surface area (Å²) in [5, 5.41) is 4.42. The van der Waals surface area contributed by atoms with E-state index in [4.69, 9.17) is 9.72 Å². The van der Waals surface area contributed by atoms with Crippen LogP contribution < -0.4 is 15.0 Å². The minimum atomic E-state index is 0.648. The van der Waals surface area contributed by atoms with Crippen LogP contribution in [0.2, 0.25) is 0 Å². The van der Waals surface area contributed by atoms with E-state index in [0.29, 0.717) is 6.61 Å². The zero-order valence-electron chi connectivity index (χ0n) is 19.4. The predicted octanol–water partition coefficient (Wildman–Crippen LogP) is 5.92. The summed E-state index contributed by atoms with van der Waals surface area (Å²) in [4.78, 5) is 15.1. The second-order valence-corrected chi connectivity index (χ2v) is 8.74. The van der Waals surface area contributed by atoms with Crippen molar-refractivity contribution < 1.29 is 4.74 Å². The third-order valence-electron chi connectivity index (χ3n) is 6.36. The third kappa shape index (κ3) is 3.71. The molecule has 6 rings (SSSR count). The van der Waals surface area contributed by atoms with Crippen LogP contribution in [0.4, 0.5) is 11.6 Å². The second kappa shape index (κ2) is 8.37. The van der Waals surface area contributed by atoms with Gasteiger partial charge in [-0.2, -0.15) is 0 Å². The Kier molecular flexibility index (Phi) is 5.06. The number of pyridine rings is 1. The number of nitrogens with zero attached hydrogens (tertiary/aromatic N) is 3. The molecular weight excluding hydrogens is 422 g/mol. The molecule has 0 fully saturated rings. The lowest BCUT2D eigenvalue weighted by atomic mass is 10.0. The Hall–Kier alpha value is -4.06. The molecule has 34 heavy (non-hydrogen) atoms. The summed E-state index contributed by atoms with van der Waals surface area (Å²) >= 11 is 0. The molecule has 6 nitrogen and oxygen atoms in total. The standard InChI is InChI=1S/C28H27N5O/c1-3-29-28-31-24-10-8-20(16-25(24)32-28)19-9-11-27-21(15-19)17-33(12-13-34-27)26-14-18(2)30-23-7-5-4-6-22(23)26/h4-11,14-16H,3,12-13,17H2,1-2H3,(H2,29,31,32). The Balaban J connectivity index is 1.37. The van der Waals surface area contributed by atoms with Crippen molar-refractivity contribution in [3.63, 3.8) is 0 Å². The van der Waals surface area contributed by atoms with E-state index in [-0.39, 0.29) is 0 Å². The smallest absolute Gasteiger partial charge is 0.201 e. The highest BCUT2D eigenvalue weighted by molar-refractivity contribution is 5.92. The number of imidazole rings is 1. The van der Waals surface area contributed by atoms with Gasteiger partial charge in [0.2, 0.25) is 5.95 Å². The maximum absolute atomic E-state index is 6.15. The van der Waals surface area contributed by atoms with Crippen molar-refractivity contribution in [2.24, 2.45) is 0 Å². The number of H-pyrrole nitrogens is 1. The van der Waals surface area contributed by atoms with E-state index in [0.717, 1.165) is 59.1 Å². The van der Waals surface area contributed by atoms with E-state index in [1.807, 2.05) is 6.07 Å². The summed E-state index contributed by atoms with van der Waals surface area (Å²) < 4.78 is 6.15. The highest BCUT2D eigenvalue weighted by atomic mass is 16.5. The maximum atomic E-state index is 6.15. The Morgan fingerprint density at radius 1 is 0.971 bits per heavy atom. The summed E-state index contributed by atoms with van der Waals surface area (Å²) in [5.74, 6) is 1.76. The van der Waals surface area contributed by atoms with E-state index < -0.39 is 0 Å². The summed E-state index contributed by atoms with van der Waals surface area (Å²) in [6.45, 7) is 7.22. The molecule has 0 saturated carbocycles. The van der Waals surface area contributed by atoms with E-state index in [1.54, 1.807) is 0 Å². The fourth-order valence-corrected chi connectivity index (χ4v) is 4.77. The van der Waals surface area contributed by atoms with Gasteiger partial charge in [-0.15, -0.1) is 0 Å². The minimum Gasteiger partial charge on any atom is -0.491 e. The topological polar surface area (TPSA) is 66.1 Å². The van der Waals surface area contributed by atoms with Crippen molar-refractivity contribution in [1.82, 2.24) is 15.0 Å². The van der Waals surface area contributed by atoms with Gasteiger partial charge in [0.15, 0.2) is 0 Å². The second-order valence-electron chi connectivity index (χ2n) is 8.74. The van der Waals surface area contributed by atoms with Crippen molar-refractivity contribution in [2.75, 3.05) is 29.9 Å². The lowest BCUT2D eigenvalue weighted by Crippen LogP contribution is -2.25. The molecule has 0 radical (unpaired) electrons. The van der Waals surface area contributed by atoms with Crippen molar-refractivity contribution in [2.45, 2.75) is 20.4 Å². The number of fused-ring (bicyclic) bond motifs is 3.